The molecule has 0 aliphatic heterocycles. The summed E-state index contributed by atoms with van der Waals surface area (Å²) in [5.74, 6) is 0. The van der Waals surface area contributed by atoms with Crippen LogP contribution in [-0.4, -0.2) is 92.6 Å². The molecule has 2 N–H and O–H groups in total. The Morgan fingerprint density at radius 1 is 1.11 bits per heavy atom. The maximum atomic E-state index is 8.33. The fraction of sp³-hybridized carbons (Fsp3) is 0. The van der Waals surface area contributed by atoms with E-state index in [1.807, 2.05) is 0 Å². The van der Waals surface area contributed by atoms with Crippen molar-refractivity contribution in [2.75, 3.05) is 0 Å². The summed E-state index contributed by atoms with van der Waals surface area (Å²) in [6.45, 7) is 0. The van der Waals surface area contributed by atoms with Gasteiger partial charge in [-0.05, 0) is 6.16 Å². The molecule has 0 fully saturated rings. The van der Waals surface area contributed by atoms with Crippen LogP contribution in [0.25, 0.3) is 0 Å². The Balaban J connectivity index is -0.00000000300. The van der Waals surface area contributed by atoms with Crippen molar-refractivity contribution in [3.63, 3.8) is 0 Å². The quantitative estimate of drug-likeness (QED) is 0.371. The van der Waals surface area contributed by atoms with Crippen molar-refractivity contribution >= 4 is 81.6 Å². The maximum Gasteiger partial charge on any atom is 2.00 e. The van der Waals surface area contributed by atoms with Crippen molar-refractivity contribution in [1.29, 1.82) is 0 Å². The van der Waals surface area contributed by atoms with Gasteiger partial charge in [-0.2, -0.15) is 0 Å². The summed E-state index contributed by atoms with van der Waals surface area (Å²) < 4.78 is 0. The molecular formula is CH3Ca2KO5. The molecule has 0 aromatic heterocycles. The first-order valence-corrected chi connectivity index (χ1v) is 0.612. The van der Waals surface area contributed by atoms with Crippen molar-refractivity contribution in [3.8, 4) is 0 Å². The predicted molar refractivity (Wildman–Crippen MR) is 21.9 cm³/mol. The fourth-order valence-corrected chi connectivity index (χ4v) is 0. The molecule has 0 heterocycles. The summed E-state index contributed by atoms with van der Waals surface area (Å²) in [5, 5.41) is 16.7. The SMILES string of the molecule is O=C([O-])[O-].[Ca+2].[Ca+2].[H-].[K+].[OH-].[OH-]. The number of hydrogen-bond acceptors (Lipinski definition) is 5. The minimum absolute atomic E-state index is 0. The van der Waals surface area contributed by atoms with Crippen molar-refractivity contribution in [2.45, 2.75) is 0 Å². The minimum Gasteiger partial charge on any atom is -1.00 e. The Hall–Kier alpha value is 3.35. The summed E-state index contributed by atoms with van der Waals surface area (Å²) in [4.78, 5) is 8.33. The standard InChI is InChI=1S/CH2O3.2Ca.K.2H2O.H/c2-1(3)4;;;;;;/h(H2,2,3,4);;;;2*1H2;/q;2*+2;+1;;;-1/p-4. The van der Waals surface area contributed by atoms with Crippen molar-refractivity contribution in [2.24, 2.45) is 0 Å². The smallest absolute Gasteiger partial charge is 1.00 e. The van der Waals surface area contributed by atoms with E-state index in [4.69, 9.17) is 15.0 Å². The zero-order valence-electron chi connectivity index (χ0n) is 6.03. The molecule has 8 heteroatoms. The normalized spacial score (nSPS) is 2.67. The van der Waals surface area contributed by atoms with Crippen molar-refractivity contribution < 1.29 is 78.8 Å². The van der Waals surface area contributed by atoms with Gasteiger partial charge in [0.2, 0.25) is 0 Å². The molecule has 0 amide bonds. The van der Waals surface area contributed by atoms with Gasteiger partial charge in [0.25, 0.3) is 0 Å². The number of hydrogen-bond donors (Lipinski definition) is 0. The van der Waals surface area contributed by atoms with Crippen LogP contribution in [-0.2, 0) is 0 Å². The van der Waals surface area contributed by atoms with Gasteiger partial charge in [0, 0.05) is 0 Å². The minimum atomic E-state index is -2.33. The van der Waals surface area contributed by atoms with E-state index in [0.29, 0.717) is 0 Å². The van der Waals surface area contributed by atoms with Gasteiger partial charge in [0.1, 0.15) is 0 Å². The van der Waals surface area contributed by atoms with Crippen LogP contribution in [0.5, 0.6) is 0 Å². The van der Waals surface area contributed by atoms with Gasteiger partial charge < -0.3 is 27.4 Å². The third-order valence-electron chi connectivity index (χ3n) is 0. The van der Waals surface area contributed by atoms with E-state index < -0.39 is 6.16 Å². The Bertz CT molecular complexity index is 42.6. The molecule has 0 bridgehead atoms. The molecule has 0 aliphatic carbocycles. The zero-order chi connectivity index (χ0) is 3.58. The molecule has 0 rings (SSSR count). The zero-order valence-corrected chi connectivity index (χ0v) is 12.6. The summed E-state index contributed by atoms with van der Waals surface area (Å²) in [6, 6.07) is 0. The fourth-order valence-electron chi connectivity index (χ4n) is 0. The molecule has 0 unspecified atom stereocenters. The Labute approximate surface area is 156 Å². The van der Waals surface area contributed by atoms with Gasteiger partial charge in [-0.3, -0.25) is 0 Å². The number of rotatable bonds is 0. The van der Waals surface area contributed by atoms with Crippen LogP contribution in [0.2, 0.25) is 0 Å². The van der Waals surface area contributed by atoms with Gasteiger partial charge >= 0.3 is 127 Å². The third kappa shape index (κ3) is 88.5. The molecule has 0 atom stereocenters. The molecule has 5 nitrogen and oxygen atoms in total. The van der Waals surface area contributed by atoms with Crippen LogP contribution in [0.15, 0.2) is 0 Å². The number of carbonyl (C=O) groups excluding carboxylic acids is 1. The predicted octanol–water partition coefficient (Wildman–Crippen LogP) is -6.45. The molecule has 9 heavy (non-hydrogen) atoms. The Morgan fingerprint density at radius 2 is 1.11 bits per heavy atom. The average molecular weight is 214 g/mol. The largest absolute Gasteiger partial charge is 2.00 e. The van der Waals surface area contributed by atoms with E-state index in [1.165, 1.54) is 0 Å². The van der Waals surface area contributed by atoms with E-state index in [-0.39, 0.29) is 139 Å². The van der Waals surface area contributed by atoms with Crippen LogP contribution in [0.3, 0.4) is 0 Å². The summed E-state index contributed by atoms with van der Waals surface area (Å²) in [6.07, 6.45) is -2.33. The summed E-state index contributed by atoms with van der Waals surface area (Å²) >= 11 is 0. The third-order valence-corrected chi connectivity index (χ3v) is 0. The van der Waals surface area contributed by atoms with Crippen LogP contribution >= 0.6 is 0 Å². The topological polar surface area (TPSA) is 123 Å². The molecule has 0 radical (unpaired) electrons. The molecular weight excluding hydrogens is 211 g/mol. The molecule has 0 aromatic rings. The first kappa shape index (κ1) is 39.5. The first-order chi connectivity index (χ1) is 1.73. The van der Waals surface area contributed by atoms with Gasteiger partial charge in [0.15, 0.2) is 0 Å². The van der Waals surface area contributed by atoms with Gasteiger partial charge in [-0.15, -0.1) is 0 Å². The molecule has 0 aliphatic rings. The van der Waals surface area contributed by atoms with Gasteiger partial charge in [0.05, 0.1) is 0 Å². The van der Waals surface area contributed by atoms with Crippen molar-refractivity contribution in [1.82, 2.24) is 0 Å². The summed E-state index contributed by atoms with van der Waals surface area (Å²) in [7, 11) is 0. The number of carbonyl (C=O) groups is 1. The van der Waals surface area contributed by atoms with E-state index in [2.05, 4.69) is 0 Å². The van der Waals surface area contributed by atoms with Gasteiger partial charge in [-0.1, -0.05) is 0 Å². The second-order valence-corrected chi connectivity index (χ2v) is 0.250. The van der Waals surface area contributed by atoms with Crippen LogP contribution < -0.4 is 61.6 Å². The molecule has 42 valence electrons. The summed E-state index contributed by atoms with van der Waals surface area (Å²) in [5.41, 5.74) is 0. The second-order valence-electron chi connectivity index (χ2n) is 0.250. The van der Waals surface area contributed by atoms with E-state index >= 15 is 0 Å². The Morgan fingerprint density at radius 3 is 1.11 bits per heavy atom. The molecule has 0 spiro atoms. The molecule has 0 aromatic carbocycles. The average Bonchev–Trinajstić information content (AvgIpc) is 0.811. The van der Waals surface area contributed by atoms with Crippen LogP contribution in [0, 0.1) is 0 Å². The van der Waals surface area contributed by atoms with Gasteiger partial charge in [-0.25, -0.2) is 0 Å². The number of carboxylic acid groups (broad SMARTS) is 2. The van der Waals surface area contributed by atoms with E-state index in [0.717, 1.165) is 0 Å². The maximum absolute atomic E-state index is 8.33. The monoisotopic (exact) mass is 214 g/mol. The van der Waals surface area contributed by atoms with Crippen LogP contribution in [0.1, 0.15) is 1.43 Å². The van der Waals surface area contributed by atoms with Crippen molar-refractivity contribution in [3.05, 3.63) is 0 Å². The second kappa shape index (κ2) is 30.2. The first-order valence-electron chi connectivity index (χ1n) is 0.612. The van der Waals surface area contributed by atoms with E-state index in [9.17, 15) is 0 Å². The Kier molecular flexibility index (Phi) is 132. The van der Waals surface area contributed by atoms with E-state index in [1.54, 1.807) is 0 Å². The molecule has 0 saturated heterocycles. The van der Waals surface area contributed by atoms with Crippen LogP contribution in [0.4, 0.5) is 4.79 Å². The molecule has 0 saturated carbocycles.